The molecule has 0 saturated carbocycles. The zero-order valence-corrected chi connectivity index (χ0v) is 10.5. The van der Waals surface area contributed by atoms with E-state index in [2.05, 4.69) is 25.1 Å². The van der Waals surface area contributed by atoms with Crippen molar-refractivity contribution in [2.24, 2.45) is 0 Å². The van der Waals surface area contributed by atoms with Crippen LogP contribution in [0.4, 0.5) is 0 Å². The summed E-state index contributed by atoms with van der Waals surface area (Å²) in [5.41, 5.74) is 0.566. The van der Waals surface area contributed by atoms with Crippen molar-refractivity contribution in [3.63, 3.8) is 0 Å². The molecule has 96 valence electrons. The molecule has 8 nitrogen and oxygen atoms in total. The molecular formula is C9H12N6O2S. The number of carbonyl (C=O) groups is 1. The lowest BCUT2D eigenvalue weighted by molar-refractivity contribution is -0.138. The Morgan fingerprint density at radius 2 is 2.39 bits per heavy atom. The Morgan fingerprint density at radius 3 is 3.00 bits per heavy atom. The van der Waals surface area contributed by atoms with Gasteiger partial charge in [-0.3, -0.25) is 4.79 Å². The van der Waals surface area contributed by atoms with Gasteiger partial charge in [-0.2, -0.15) is 0 Å². The molecule has 0 spiro atoms. The van der Waals surface area contributed by atoms with Crippen LogP contribution in [0.15, 0.2) is 5.38 Å². The molecule has 0 amide bonds. The third-order valence-electron chi connectivity index (χ3n) is 2.46. The van der Waals surface area contributed by atoms with Crippen molar-refractivity contribution in [2.45, 2.75) is 32.2 Å². The van der Waals surface area contributed by atoms with Crippen molar-refractivity contribution < 1.29 is 9.90 Å². The largest absolute Gasteiger partial charge is 0.481 e. The summed E-state index contributed by atoms with van der Waals surface area (Å²) in [5.74, 6) is -0.408. The maximum Gasteiger partial charge on any atom is 0.305 e. The Labute approximate surface area is 107 Å². The molecule has 0 aliphatic heterocycles. The average molecular weight is 268 g/mol. The van der Waals surface area contributed by atoms with E-state index in [9.17, 15) is 4.79 Å². The molecule has 0 bridgehead atoms. The monoisotopic (exact) mass is 268 g/mol. The number of nitrogens with zero attached hydrogens (tertiary/aromatic N) is 6. The molecule has 2 heterocycles. The molecule has 1 atom stereocenters. The SMILES string of the molecule is CCCC(CC(=O)O)n1nnnc1-c1csnn1. The Balaban J connectivity index is 2.30. The van der Waals surface area contributed by atoms with E-state index >= 15 is 0 Å². The van der Waals surface area contributed by atoms with Gasteiger partial charge >= 0.3 is 5.97 Å². The van der Waals surface area contributed by atoms with Gasteiger partial charge in [-0.1, -0.05) is 17.8 Å². The number of hydrogen-bond donors (Lipinski definition) is 1. The van der Waals surface area contributed by atoms with Crippen LogP contribution in [0.1, 0.15) is 32.2 Å². The van der Waals surface area contributed by atoms with Gasteiger partial charge in [0.2, 0.25) is 5.82 Å². The smallest absolute Gasteiger partial charge is 0.305 e. The van der Waals surface area contributed by atoms with Crippen molar-refractivity contribution in [3.8, 4) is 11.5 Å². The number of aliphatic carboxylic acids is 1. The van der Waals surface area contributed by atoms with Crippen LogP contribution < -0.4 is 0 Å². The number of aromatic nitrogens is 6. The fraction of sp³-hybridized carbons (Fsp3) is 0.556. The third-order valence-corrected chi connectivity index (χ3v) is 2.96. The quantitative estimate of drug-likeness (QED) is 0.832. The molecule has 9 heteroatoms. The molecule has 0 fully saturated rings. The number of carboxylic acids is 1. The van der Waals surface area contributed by atoms with E-state index in [-0.39, 0.29) is 12.5 Å². The lowest BCUT2D eigenvalue weighted by Gasteiger charge is -2.14. The summed E-state index contributed by atoms with van der Waals surface area (Å²) in [4.78, 5) is 10.9. The minimum Gasteiger partial charge on any atom is -0.481 e. The summed E-state index contributed by atoms with van der Waals surface area (Å²) in [6.07, 6.45) is 1.54. The molecule has 0 aliphatic rings. The molecule has 0 radical (unpaired) electrons. The fourth-order valence-electron chi connectivity index (χ4n) is 1.72. The van der Waals surface area contributed by atoms with Gasteiger partial charge in [0.15, 0.2) is 0 Å². The molecule has 0 aliphatic carbocycles. The highest BCUT2D eigenvalue weighted by Gasteiger charge is 2.21. The van der Waals surface area contributed by atoms with Crippen molar-refractivity contribution in [1.29, 1.82) is 0 Å². The van der Waals surface area contributed by atoms with Crippen molar-refractivity contribution >= 4 is 17.5 Å². The van der Waals surface area contributed by atoms with Crippen molar-refractivity contribution in [1.82, 2.24) is 29.8 Å². The van der Waals surface area contributed by atoms with E-state index in [0.717, 1.165) is 6.42 Å². The molecule has 0 saturated heterocycles. The van der Waals surface area contributed by atoms with Crippen LogP contribution in [0.5, 0.6) is 0 Å². The summed E-state index contributed by atoms with van der Waals surface area (Å²) >= 11 is 1.20. The highest BCUT2D eigenvalue weighted by molar-refractivity contribution is 7.03. The van der Waals surface area contributed by atoms with Gasteiger partial charge in [-0.05, 0) is 28.4 Å². The fourth-order valence-corrected chi connectivity index (χ4v) is 2.15. The Kier molecular flexibility index (Phi) is 3.92. The first-order chi connectivity index (χ1) is 8.72. The molecule has 18 heavy (non-hydrogen) atoms. The summed E-state index contributed by atoms with van der Waals surface area (Å²) < 4.78 is 5.27. The maximum atomic E-state index is 10.9. The lowest BCUT2D eigenvalue weighted by atomic mass is 10.1. The van der Waals surface area contributed by atoms with E-state index in [1.165, 1.54) is 16.2 Å². The third kappa shape index (κ3) is 2.67. The van der Waals surface area contributed by atoms with Gasteiger partial charge in [-0.25, -0.2) is 4.68 Å². The molecule has 1 N–H and O–H groups in total. The second kappa shape index (κ2) is 5.63. The minimum absolute atomic E-state index is 0.0105. The standard InChI is InChI=1S/C9H12N6O2S/c1-2-3-6(4-8(16)17)15-9(11-12-13-15)7-5-18-14-10-7/h5-6H,2-4H2,1H3,(H,16,17). The van der Waals surface area contributed by atoms with Gasteiger partial charge in [0, 0.05) is 5.38 Å². The molecular weight excluding hydrogens is 256 g/mol. The summed E-state index contributed by atoms with van der Waals surface area (Å²) in [5, 5.41) is 25.9. The van der Waals surface area contributed by atoms with Gasteiger partial charge < -0.3 is 5.11 Å². The first-order valence-corrected chi connectivity index (χ1v) is 6.33. The normalized spacial score (nSPS) is 12.5. The number of tetrazole rings is 1. The molecule has 2 aromatic heterocycles. The van der Waals surface area contributed by atoms with Gasteiger partial charge in [-0.15, -0.1) is 10.2 Å². The first-order valence-electron chi connectivity index (χ1n) is 5.49. The van der Waals surface area contributed by atoms with E-state index in [0.29, 0.717) is 17.9 Å². The molecule has 2 rings (SSSR count). The molecule has 1 unspecified atom stereocenters. The number of hydrogen-bond acceptors (Lipinski definition) is 7. The van der Waals surface area contributed by atoms with E-state index in [1.54, 1.807) is 5.38 Å². The number of rotatable bonds is 6. The summed E-state index contributed by atoms with van der Waals surface area (Å²) in [6, 6.07) is -0.265. The van der Waals surface area contributed by atoms with Crippen molar-refractivity contribution in [3.05, 3.63) is 5.38 Å². The average Bonchev–Trinajstić information content (AvgIpc) is 2.98. The van der Waals surface area contributed by atoms with Gasteiger partial charge in [0.1, 0.15) is 5.69 Å². The predicted molar refractivity (Wildman–Crippen MR) is 62.9 cm³/mol. The molecule has 2 aromatic rings. The first kappa shape index (κ1) is 12.6. The summed E-state index contributed by atoms with van der Waals surface area (Å²) in [6.45, 7) is 1.99. The van der Waals surface area contributed by atoms with Crippen LogP contribution in [-0.2, 0) is 4.79 Å². The highest BCUT2D eigenvalue weighted by Crippen LogP contribution is 2.23. The second-order valence-electron chi connectivity index (χ2n) is 3.78. The Bertz CT molecular complexity index is 511. The lowest BCUT2D eigenvalue weighted by Crippen LogP contribution is -2.16. The zero-order chi connectivity index (χ0) is 13.0. The van der Waals surface area contributed by atoms with Gasteiger partial charge in [0.25, 0.3) is 0 Å². The topological polar surface area (TPSA) is 107 Å². The highest BCUT2D eigenvalue weighted by atomic mass is 32.1. The van der Waals surface area contributed by atoms with Crippen LogP contribution in [0.25, 0.3) is 11.5 Å². The zero-order valence-electron chi connectivity index (χ0n) is 9.72. The Hall–Kier alpha value is -1.90. The van der Waals surface area contributed by atoms with Crippen LogP contribution >= 0.6 is 11.5 Å². The second-order valence-corrected chi connectivity index (χ2v) is 4.39. The minimum atomic E-state index is -0.869. The maximum absolute atomic E-state index is 10.9. The van der Waals surface area contributed by atoms with Crippen LogP contribution in [0, 0.1) is 0 Å². The van der Waals surface area contributed by atoms with E-state index in [1.807, 2.05) is 6.92 Å². The van der Waals surface area contributed by atoms with E-state index in [4.69, 9.17) is 5.11 Å². The van der Waals surface area contributed by atoms with Crippen LogP contribution in [-0.4, -0.2) is 40.9 Å². The van der Waals surface area contributed by atoms with Crippen LogP contribution in [0.2, 0.25) is 0 Å². The van der Waals surface area contributed by atoms with Crippen molar-refractivity contribution in [2.75, 3.05) is 0 Å². The van der Waals surface area contributed by atoms with Crippen LogP contribution in [0.3, 0.4) is 0 Å². The Morgan fingerprint density at radius 1 is 1.56 bits per heavy atom. The summed E-state index contributed by atoms with van der Waals surface area (Å²) in [7, 11) is 0. The number of carboxylic acid groups (broad SMARTS) is 1. The predicted octanol–water partition coefficient (Wildman–Crippen LogP) is 1.01. The van der Waals surface area contributed by atoms with Gasteiger partial charge in [0.05, 0.1) is 12.5 Å². The molecule has 0 aromatic carbocycles. The van der Waals surface area contributed by atoms with E-state index < -0.39 is 5.97 Å².